The van der Waals surface area contributed by atoms with Crippen molar-refractivity contribution in [2.45, 2.75) is 50.3 Å². The van der Waals surface area contributed by atoms with Crippen LogP contribution >= 0.6 is 0 Å². The van der Waals surface area contributed by atoms with Gasteiger partial charge < -0.3 is 71.8 Å². The maximum Gasteiger partial charge on any atom is 0.246 e. The van der Waals surface area contributed by atoms with Crippen LogP contribution in [0.2, 0.25) is 0 Å². The zero-order chi connectivity index (χ0) is 63.8. The van der Waals surface area contributed by atoms with Crippen molar-refractivity contribution >= 4 is 91.8 Å². The van der Waals surface area contributed by atoms with Gasteiger partial charge in [-0.05, 0) is 147 Å². The molecule has 12 N–H and O–H groups in total. The van der Waals surface area contributed by atoms with E-state index >= 15 is 0 Å². The Morgan fingerprint density at radius 1 is 0.351 bits per heavy atom. The van der Waals surface area contributed by atoms with E-state index in [1.54, 1.807) is 24.8 Å². The van der Waals surface area contributed by atoms with E-state index in [1.165, 1.54) is 0 Å². The van der Waals surface area contributed by atoms with Crippen LogP contribution < -0.4 is 42.5 Å². The van der Waals surface area contributed by atoms with Crippen LogP contribution in [0.4, 0.5) is 23.8 Å². The molecule has 0 radical (unpaired) electrons. The number of imidazole rings is 4. The van der Waals surface area contributed by atoms with E-state index < -0.39 is 32.8 Å². The summed E-state index contributed by atoms with van der Waals surface area (Å²) in [6.07, 6.45) is 6.96. The Morgan fingerprint density at radius 2 is 0.585 bits per heavy atom. The molecule has 0 atom stereocenters. The zero-order valence-corrected chi connectivity index (χ0v) is 56.2. The van der Waals surface area contributed by atoms with Gasteiger partial charge in [-0.3, -0.25) is 41.2 Å². The summed E-state index contributed by atoms with van der Waals surface area (Å²) in [6, 6.07) is 47.2. The molecule has 16 rings (SSSR count). The van der Waals surface area contributed by atoms with Gasteiger partial charge in [0.1, 0.15) is 0 Å². The molecule has 94 heavy (non-hydrogen) atoms. The first-order valence-electron chi connectivity index (χ1n) is 28.2. The molecular weight excluding hydrogens is 1310 g/mol. The fourth-order valence-corrected chi connectivity index (χ4v) is 11.2. The fraction of sp³-hybridized carbons (Fsp3) is 0.133. The minimum Gasteiger partial charge on any atom is -0.356 e. The van der Waals surface area contributed by atoms with Crippen molar-refractivity contribution in [3.63, 3.8) is 0 Å². The molecule has 0 amide bonds. The Balaban J connectivity index is 0.000000169. The first kappa shape index (κ1) is 63.6. The number of nitrogens with one attached hydrogen (secondary N) is 12. The minimum absolute atomic E-state index is 0. The van der Waals surface area contributed by atoms with E-state index in [0.717, 1.165) is 66.4 Å². The maximum absolute atomic E-state index is 8.25. The number of aliphatic imine (C=N–C) groups is 4. The normalized spacial score (nSPS) is 19.3. The van der Waals surface area contributed by atoms with Crippen molar-refractivity contribution < 1.29 is 49.1 Å². The van der Waals surface area contributed by atoms with Gasteiger partial charge in [0, 0.05) is 63.7 Å². The smallest absolute Gasteiger partial charge is 0.246 e. The summed E-state index contributed by atoms with van der Waals surface area (Å²) in [5.41, 5.74) is 9.53. The van der Waals surface area contributed by atoms with E-state index in [1.807, 2.05) is 149 Å². The third-order valence-corrected chi connectivity index (χ3v) is 15.0. The molecule has 464 valence electrons. The largest absolute Gasteiger partial charge is 0.356 e. The number of guanidine groups is 4. The Bertz CT molecular complexity index is 4390. The van der Waals surface area contributed by atoms with Crippen molar-refractivity contribution in [1.82, 2.24) is 81.1 Å². The molecule has 12 aromatic rings. The monoisotopic (exact) mass is 1360 g/mol. The first-order chi connectivity index (χ1) is 44.5. The molecule has 0 saturated carbocycles. The number of nitrogens with zero attached hydrogens (tertiary/aromatic N) is 14. The molecule has 0 unspecified atom stereocenters. The number of aryl methyl sites for hydroxylation is 4. The average molecular weight is 1360 g/mol. The zero-order valence-electron chi connectivity index (χ0n) is 50.3. The summed E-state index contributed by atoms with van der Waals surface area (Å²) in [4.78, 5) is 88.1. The molecule has 0 fully saturated rings. The van der Waals surface area contributed by atoms with Crippen molar-refractivity contribution in [2.24, 2.45) is 20.0 Å². The number of benzene rings is 4. The van der Waals surface area contributed by atoms with Gasteiger partial charge in [-0.1, -0.05) is 48.5 Å². The van der Waals surface area contributed by atoms with E-state index in [2.05, 4.69) is 86.7 Å². The summed E-state index contributed by atoms with van der Waals surface area (Å²) in [5, 5.41) is 57.0. The van der Waals surface area contributed by atoms with Gasteiger partial charge in [-0.25, -0.2) is 39.9 Å². The number of rotatable bonds is 8. The van der Waals surface area contributed by atoms with Crippen LogP contribution in [0.1, 0.15) is 45.0 Å². The third kappa shape index (κ3) is 12.3. The Hall–Kier alpha value is -11.9. The molecule has 8 aromatic heterocycles. The Kier molecular flexibility index (Phi) is 17.4. The van der Waals surface area contributed by atoms with Crippen LogP contribution in [0, 0.1) is 58.3 Å². The Labute approximate surface area is 556 Å². The predicted molar refractivity (Wildman–Crippen MR) is 344 cm³/mol. The van der Waals surface area contributed by atoms with Crippen molar-refractivity contribution in [1.29, 1.82) is 0 Å². The number of fused-ring (bicyclic) bond motifs is 6. The van der Waals surface area contributed by atoms with E-state index in [-0.39, 0.29) is 39.0 Å². The summed E-state index contributed by atoms with van der Waals surface area (Å²) in [7, 11) is 0. The number of hydrogen-bond donors (Lipinski definition) is 12. The number of H-pyrrole nitrogens is 4. The van der Waals surface area contributed by atoms with Crippen LogP contribution in [0.25, 0.3) is 44.1 Å². The van der Waals surface area contributed by atoms with Crippen molar-refractivity contribution in [2.75, 3.05) is 21.3 Å². The summed E-state index contributed by atoms with van der Waals surface area (Å²) in [6.45, 7) is 8.19. The van der Waals surface area contributed by atoms with Gasteiger partial charge in [0.05, 0.1) is 77.1 Å². The van der Waals surface area contributed by atoms with Crippen LogP contribution in [-0.4, -0.2) is 93.8 Å². The number of hydrogen-bond acceptors (Lipinski definition) is 26. The summed E-state index contributed by atoms with van der Waals surface area (Å²) in [5.74, 6) is 4.02. The van der Waals surface area contributed by atoms with Crippen molar-refractivity contribution in [3.8, 4) is 0 Å². The molecule has 34 heteroatoms. The molecule has 0 spiro atoms. The van der Waals surface area contributed by atoms with Crippen LogP contribution in [0.3, 0.4) is 0 Å². The quantitative estimate of drug-likeness (QED) is 0.0398. The topological polar surface area (TPSA) is 444 Å². The van der Waals surface area contributed by atoms with E-state index in [0.29, 0.717) is 70.4 Å². The minimum atomic E-state index is -1.75. The van der Waals surface area contributed by atoms with Crippen LogP contribution in [0.15, 0.2) is 190 Å². The fourth-order valence-electron chi connectivity index (χ4n) is 11.2. The van der Waals surface area contributed by atoms with Gasteiger partial charge in [0.25, 0.3) is 0 Å². The number of aromatic amines is 4. The van der Waals surface area contributed by atoms with Gasteiger partial charge in [-0.15, -0.1) is 0 Å². The second-order valence-electron chi connectivity index (χ2n) is 21.4. The predicted octanol–water partition coefficient (Wildman–Crippen LogP) is 7.51. The molecule has 0 saturated heterocycles. The van der Waals surface area contributed by atoms with Gasteiger partial charge in [0.2, 0.25) is 70.3 Å². The van der Waals surface area contributed by atoms with Crippen LogP contribution in [-0.2, 0) is 61.6 Å². The molecule has 0 bridgehead atoms. The third-order valence-electron chi connectivity index (χ3n) is 15.0. The SMILES string of the molecule is Cc1ccc2nc(NC3=NC4(c5ccccn5)N=C(Nc5nc6ccc(C)cc6[nH]5)NC4(c4ccccn4)N3)[nH]c2c1.Cc1ccc2nc(NC3=NC4(c5ccccn5)N=C(Nc5nc6ccc(C)cc6[nH]5)NC4(c4ccccn4)N3)[nH]c2c1.O=[N+]([O-])[O-].O=[N+]([O-])[O-].[Zn].[Zn]. The Morgan fingerprint density at radius 3 is 0.809 bits per heavy atom. The second kappa shape index (κ2) is 25.8. The van der Waals surface area contributed by atoms with Crippen LogP contribution in [0.5, 0.6) is 0 Å². The van der Waals surface area contributed by atoms with Gasteiger partial charge >= 0.3 is 0 Å². The average Bonchev–Trinajstić information content (AvgIpc) is 1.54. The number of anilines is 4. The molecule has 4 aliphatic rings. The number of aromatic nitrogens is 12. The molecule has 4 aliphatic heterocycles. The van der Waals surface area contributed by atoms with E-state index in [9.17, 15) is 0 Å². The molecule has 32 nitrogen and oxygen atoms in total. The van der Waals surface area contributed by atoms with Gasteiger partial charge in [-0.2, -0.15) is 0 Å². The first-order valence-corrected chi connectivity index (χ1v) is 28.2. The summed E-state index contributed by atoms with van der Waals surface area (Å²) < 4.78 is 0. The molecule has 0 aliphatic carbocycles. The van der Waals surface area contributed by atoms with Crippen molar-refractivity contribution in [3.05, 3.63) is 246 Å². The number of pyridine rings is 4. The van der Waals surface area contributed by atoms with E-state index in [4.69, 9.17) is 90.5 Å². The standard InChI is InChI=1S/2C30H26N12.2NO3.2Zn/c2*1-17-9-11-19-21(15-17)35-25(33-19)37-27-39-29(23-7-3-5-13-31-23)30(40-27,24-8-4-6-14-32-24)42-28(41-29)38-26-34-20-12-10-18(2)16-22(20)36-26;2*2-1(3)4;;/h2*3-16H,1-2H3,(H3,33,35,37,39,40)(H3,34,36,38,41,42);;;;/q;;2*-1;;. The molecule has 4 aromatic carbocycles. The molecule has 12 heterocycles. The second-order valence-corrected chi connectivity index (χ2v) is 21.4. The van der Waals surface area contributed by atoms with Gasteiger partial charge in [0.15, 0.2) is 0 Å². The molecular formula is C60H52N26O6Zn2-2. The summed E-state index contributed by atoms with van der Waals surface area (Å²) >= 11 is 0. The maximum atomic E-state index is 8.25.